The molecule has 0 atom stereocenters. The Hall–Kier alpha value is -1.82. The Morgan fingerprint density at radius 3 is 2.35 bits per heavy atom. The molecule has 2 aromatic carbocycles. The highest BCUT2D eigenvalue weighted by atomic mass is 14.3. The summed E-state index contributed by atoms with van der Waals surface area (Å²) in [7, 11) is 0. The first-order valence-electron chi connectivity index (χ1n) is 9.17. The Balaban J connectivity index is 1.83. The molecule has 0 bridgehead atoms. The monoisotopic (exact) mass is 304 g/mol. The van der Waals surface area contributed by atoms with Gasteiger partial charge in [-0.1, -0.05) is 86.7 Å². The fourth-order valence-electron chi connectivity index (χ4n) is 3.65. The summed E-state index contributed by atoms with van der Waals surface area (Å²) in [4.78, 5) is 0. The van der Waals surface area contributed by atoms with Crippen LogP contribution in [0.2, 0.25) is 0 Å². The van der Waals surface area contributed by atoms with Gasteiger partial charge < -0.3 is 0 Å². The average molecular weight is 304 g/mol. The van der Waals surface area contributed by atoms with Crippen LogP contribution in [0.3, 0.4) is 0 Å². The van der Waals surface area contributed by atoms with Gasteiger partial charge in [0.25, 0.3) is 0 Å². The Bertz CT molecular complexity index is 673. The van der Waals surface area contributed by atoms with E-state index in [1.807, 2.05) is 0 Å². The number of aryl methyl sites for hydroxylation is 1. The second-order valence-electron chi connectivity index (χ2n) is 6.82. The van der Waals surface area contributed by atoms with Crippen molar-refractivity contribution < 1.29 is 0 Å². The van der Waals surface area contributed by atoms with Crippen LogP contribution in [0.25, 0.3) is 11.1 Å². The van der Waals surface area contributed by atoms with Crippen molar-refractivity contribution in [2.24, 2.45) is 0 Å². The Morgan fingerprint density at radius 1 is 0.826 bits per heavy atom. The third kappa shape index (κ3) is 3.75. The summed E-state index contributed by atoms with van der Waals surface area (Å²) in [5.41, 5.74) is 8.91. The molecule has 0 heteroatoms. The zero-order valence-electron chi connectivity index (χ0n) is 14.6. The van der Waals surface area contributed by atoms with E-state index in [9.17, 15) is 0 Å². The van der Waals surface area contributed by atoms with E-state index < -0.39 is 0 Å². The van der Waals surface area contributed by atoms with Crippen molar-refractivity contribution in [2.75, 3.05) is 0 Å². The molecule has 3 rings (SSSR count). The smallest absolute Gasteiger partial charge is 0.00108 e. The van der Waals surface area contributed by atoms with Crippen molar-refractivity contribution in [3.8, 4) is 0 Å². The molecule has 0 unspecified atom stereocenters. The number of rotatable bonds is 7. The van der Waals surface area contributed by atoms with Crippen molar-refractivity contribution in [1.82, 2.24) is 0 Å². The van der Waals surface area contributed by atoms with Crippen molar-refractivity contribution >= 4 is 11.1 Å². The Labute approximate surface area is 141 Å². The number of unbranched alkanes of at least 4 members (excludes halogenated alkanes) is 4. The van der Waals surface area contributed by atoms with Gasteiger partial charge in [-0.25, -0.2) is 0 Å². The quantitative estimate of drug-likeness (QED) is 0.492. The average Bonchev–Trinajstić information content (AvgIpc) is 2.94. The summed E-state index contributed by atoms with van der Waals surface area (Å²) in [6.07, 6.45) is 9.08. The van der Waals surface area contributed by atoms with Crippen LogP contribution < -0.4 is 0 Å². The van der Waals surface area contributed by atoms with Crippen molar-refractivity contribution in [3.63, 3.8) is 0 Å². The lowest BCUT2D eigenvalue weighted by Gasteiger charge is -2.10. The standard InChI is InChI=1S/C23H28/c1-3-4-5-6-7-12-22-21-11-9-8-10-20(21)17-23(22)19-15-13-18(2)14-16-19/h8-11,13-16H,3-7,12,17H2,1-2H3. The molecule has 1 aliphatic carbocycles. The second-order valence-corrected chi connectivity index (χ2v) is 6.82. The van der Waals surface area contributed by atoms with E-state index in [0.717, 1.165) is 6.42 Å². The zero-order valence-corrected chi connectivity index (χ0v) is 14.6. The molecule has 0 nitrogen and oxygen atoms in total. The highest BCUT2D eigenvalue weighted by Gasteiger charge is 2.21. The molecule has 23 heavy (non-hydrogen) atoms. The van der Waals surface area contributed by atoms with Gasteiger partial charge in [0.2, 0.25) is 0 Å². The van der Waals surface area contributed by atoms with Gasteiger partial charge in [-0.3, -0.25) is 0 Å². The van der Waals surface area contributed by atoms with E-state index in [1.54, 1.807) is 11.1 Å². The molecule has 120 valence electrons. The number of hydrogen-bond donors (Lipinski definition) is 0. The lowest BCUT2D eigenvalue weighted by atomic mass is 9.95. The van der Waals surface area contributed by atoms with E-state index in [-0.39, 0.29) is 0 Å². The predicted octanol–water partition coefficient (Wildman–Crippen LogP) is 6.82. The molecule has 0 heterocycles. The van der Waals surface area contributed by atoms with Crippen LogP contribution in [0.1, 0.15) is 67.7 Å². The highest BCUT2D eigenvalue weighted by Crippen LogP contribution is 2.41. The van der Waals surface area contributed by atoms with Gasteiger partial charge in [0.15, 0.2) is 0 Å². The van der Waals surface area contributed by atoms with E-state index in [2.05, 4.69) is 62.4 Å². The van der Waals surface area contributed by atoms with Crippen LogP contribution in [0.4, 0.5) is 0 Å². The maximum absolute atomic E-state index is 2.32. The van der Waals surface area contributed by atoms with Crippen LogP contribution in [0.5, 0.6) is 0 Å². The van der Waals surface area contributed by atoms with Gasteiger partial charge in [-0.05, 0) is 54.0 Å². The molecular weight excluding hydrogens is 276 g/mol. The summed E-state index contributed by atoms with van der Waals surface area (Å²) >= 11 is 0. The van der Waals surface area contributed by atoms with Gasteiger partial charge in [-0.15, -0.1) is 0 Å². The largest absolute Gasteiger partial charge is 0.0654 e. The van der Waals surface area contributed by atoms with Crippen molar-refractivity contribution in [2.45, 2.75) is 58.8 Å². The number of benzene rings is 2. The number of fused-ring (bicyclic) bond motifs is 1. The fourth-order valence-corrected chi connectivity index (χ4v) is 3.65. The summed E-state index contributed by atoms with van der Waals surface area (Å²) in [5, 5.41) is 0. The minimum atomic E-state index is 1.10. The van der Waals surface area contributed by atoms with Crippen molar-refractivity contribution in [3.05, 3.63) is 70.8 Å². The summed E-state index contributed by atoms with van der Waals surface area (Å²) in [6.45, 7) is 4.45. The Morgan fingerprint density at radius 2 is 1.57 bits per heavy atom. The van der Waals surface area contributed by atoms with E-state index in [0.29, 0.717) is 0 Å². The first-order valence-corrected chi connectivity index (χ1v) is 9.17. The molecule has 1 aliphatic rings. The zero-order chi connectivity index (χ0) is 16.1. The normalized spacial score (nSPS) is 13.5. The molecule has 0 aliphatic heterocycles. The minimum absolute atomic E-state index is 1.10. The maximum atomic E-state index is 2.32. The van der Waals surface area contributed by atoms with Gasteiger partial charge in [0, 0.05) is 0 Å². The van der Waals surface area contributed by atoms with Crippen molar-refractivity contribution in [1.29, 1.82) is 0 Å². The highest BCUT2D eigenvalue weighted by molar-refractivity contribution is 5.97. The molecule has 0 aromatic heterocycles. The van der Waals surface area contributed by atoms with Crippen LogP contribution in [0.15, 0.2) is 48.5 Å². The predicted molar refractivity (Wildman–Crippen MR) is 102 cm³/mol. The second kappa shape index (κ2) is 7.64. The minimum Gasteiger partial charge on any atom is -0.0654 e. The molecule has 2 aromatic rings. The van der Waals surface area contributed by atoms with Gasteiger partial charge >= 0.3 is 0 Å². The van der Waals surface area contributed by atoms with Crippen LogP contribution in [0, 0.1) is 6.92 Å². The molecule has 0 fully saturated rings. The molecule has 0 radical (unpaired) electrons. The maximum Gasteiger partial charge on any atom is -0.00108 e. The molecular formula is C23H28. The van der Waals surface area contributed by atoms with Crippen LogP contribution >= 0.6 is 0 Å². The van der Waals surface area contributed by atoms with Gasteiger partial charge in [-0.2, -0.15) is 0 Å². The molecule has 0 saturated heterocycles. The molecule has 0 amide bonds. The number of hydrogen-bond acceptors (Lipinski definition) is 0. The van der Waals surface area contributed by atoms with Gasteiger partial charge in [0.05, 0.1) is 0 Å². The topological polar surface area (TPSA) is 0 Å². The third-order valence-electron chi connectivity index (χ3n) is 5.00. The van der Waals surface area contributed by atoms with Crippen LogP contribution in [-0.2, 0) is 6.42 Å². The summed E-state index contributed by atoms with van der Waals surface area (Å²) in [5.74, 6) is 0. The Kier molecular flexibility index (Phi) is 5.33. The molecule has 0 spiro atoms. The molecule has 0 saturated carbocycles. The van der Waals surface area contributed by atoms with E-state index in [4.69, 9.17) is 0 Å². The van der Waals surface area contributed by atoms with Crippen LogP contribution in [-0.4, -0.2) is 0 Å². The third-order valence-corrected chi connectivity index (χ3v) is 5.00. The van der Waals surface area contributed by atoms with E-state index in [1.165, 1.54) is 60.8 Å². The lowest BCUT2D eigenvalue weighted by Crippen LogP contribution is -1.88. The summed E-state index contributed by atoms with van der Waals surface area (Å²) in [6, 6.07) is 18.1. The molecule has 0 N–H and O–H groups in total. The SMILES string of the molecule is CCCCCCCC1=C(c2ccc(C)cc2)Cc2ccccc21. The first kappa shape index (κ1) is 16.1. The van der Waals surface area contributed by atoms with Gasteiger partial charge in [0.1, 0.15) is 0 Å². The number of allylic oxidation sites excluding steroid dienone is 2. The lowest BCUT2D eigenvalue weighted by molar-refractivity contribution is 0.640. The first-order chi connectivity index (χ1) is 11.3. The van der Waals surface area contributed by atoms with E-state index >= 15 is 0 Å². The fraction of sp³-hybridized carbons (Fsp3) is 0.391. The summed E-state index contributed by atoms with van der Waals surface area (Å²) < 4.78 is 0.